The number of alkyl halides is 3. The van der Waals surface area contributed by atoms with Gasteiger partial charge >= 0.3 is 6.18 Å². The second kappa shape index (κ2) is 11.2. The lowest BCUT2D eigenvalue weighted by molar-refractivity contribution is -0.191. The molecule has 2 heterocycles. The number of nitrogens with one attached hydrogen (secondary N) is 1. The zero-order chi connectivity index (χ0) is 24.8. The van der Waals surface area contributed by atoms with E-state index in [-0.39, 0.29) is 17.7 Å². The van der Waals surface area contributed by atoms with Gasteiger partial charge in [-0.15, -0.1) is 0 Å². The minimum Gasteiger partial charge on any atom is -0.373 e. The number of benzene rings is 2. The molecule has 0 spiro atoms. The van der Waals surface area contributed by atoms with Crippen molar-refractivity contribution in [2.24, 2.45) is 5.92 Å². The van der Waals surface area contributed by atoms with Gasteiger partial charge in [-0.1, -0.05) is 60.7 Å². The average Bonchev–Trinajstić information content (AvgIpc) is 2.88. The zero-order valence-electron chi connectivity index (χ0n) is 19.4. The highest BCUT2D eigenvalue weighted by Gasteiger charge is 2.47. The van der Waals surface area contributed by atoms with Gasteiger partial charge in [0.15, 0.2) is 6.04 Å². The van der Waals surface area contributed by atoms with E-state index in [1.54, 1.807) is 17.8 Å². The van der Waals surface area contributed by atoms with Crippen molar-refractivity contribution in [3.8, 4) is 0 Å². The van der Waals surface area contributed by atoms with Crippen LogP contribution in [0.25, 0.3) is 0 Å². The molecule has 1 aliphatic heterocycles. The first-order valence-electron chi connectivity index (χ1n) is 11.6. The van der Waals surface area contributed by atoms with Gasteiger partial charge in [-0.05, 0) is 47.6 Å². The molecule has 4 rings (SSSR count). The van der Waals surface area contributed by atoms with E-state index in [0.29, 0.717) is 18.5 Å². The molecule has 0 radical (unpaired) electrons. The molecule has 0 saturated carbocycles. The van der Waals surface area contributed by atoms with Crippen molar-refractivity contribution in [2.45, 2.75) is 31.1 Å². The summed E-state index contributed by atoms with van der Waals surface area (Å²) in [7, 11) is 1.23. The first-order chi connectivity index (χ1) is 16.8. The fourth-order valence-corrected chi connectivity index (χ4v) is 5.52. The third-order valence-electron chi connectivity index (χ3n) is 6.26. The Bertz CT molecular complexity index is 1050. The number of carbonyl (C=O) groups is 1. The van der Waals surface area contributed by atoms with Crippen LogP contribution in [0, 0.1) is 5.92 Å². The van der Waals surface area contributed by atoms with E-state index in [2.05, 4.69) is 10.3 Å². The first-order valence-corrected chi connectivity index (χ1v) is 12.7. The quantitative estimate of drug-likeness (QED) is 0.404. The number of halogens is 3. The summed E-state index contributed by atoms with van der Waals surface area (Å²) in [6.07, 6.45) is -2.01. The molecule has 1 saturated heterocycles. The lowest BCUT2D eigenvalue weighted by Gasteiger charge is -2.33. The summed E-state index contributed by atoms with van der Waals surface area (Å²) in [4.78, 5) is 17.8. The van der Waals surface area contributed by atoms with Gasteiger partial charge < -0.3 is 10.2 Å². The molecule has 1 amide bonds. The van der Waals surface area contributed by atoms with Crippen LogP contribution in [0.3, 0.4) is 0 Å². The third-order valence-corrected chi connectivity index (χ3v) is 7.31. The fraction of sp³-hybridized carbons (Fsp3) is 0.333. The third kappa shape index (κ3) is 6.17. The van der Waals surface area contributed by atoms with Gasteiger partial charge in [0.05, 0.1) is 23.6 Å². The number of amides is 1. The molecule has 0 unspecified atom stereocenters. The van der Waals surface area contributed by atoms with E-state index in [1.165, 1.54) is 19.3 Å². The molecular formula is C27H28F3N3OS. The van der Waals surface area contributed by atoms with Crippen LogP contribution < -0.4 is 5.32 Å². The van der Waals surface area contributed by atoms with Crippen LogP contribution in [-0.4, -0.2) is 40.5 Å². The van der Waals surface area contributed by atoms with Crippen molar-refractivity contribution >= 4 is 23.4 Å². The molecule has 35 heavy (non-hydrogen) atoms. The van der Waals surface area contributed by atoms with Gasteiger partial charge in [0, 0.05) is 13.0 Å². The van der Waals surface area contributed by atoms with E-state index < -0.39 is 18.1 Å². The lowest BCUT2D eigenvalue weighted by Crippen LogP contribution is -2.43. The minimum atomic E-state index is -4.63. The average molecular weight is 500 g/mol. The molecule has 8 heteroatoms. The molecule has 0 bridgehead atoms. The van der Waals surface area contributed by atoms with Crippen molar-refractivity contribution in [3.63, 3.8) is 0 Å². The van der Waals surface area contributed by atoms with Crippen molar-refractivity contribution in [1.82, 2.24) is 9.88 Å². The van der Waals surface area contributed by atoms with Crippen LogP contribution in [0.2, 0.25) is 0 Å². The van der Waals surface area contributed by atoms with E-state index in [4.69, 9.17) is 0 Å². The SMILES string of the molecule is CN(C(=O)C1CCSCC1)[C@@H](c1ccc(NC(c2ccccc2)c2ccccc2)cn1)C(F)(F)F. The summed E-state index contributed by atoms with van der Waals surface area (Å²) in [6.45, 7) is 0. The van der Waals surface area contributed by atoms with Crippen LogP contribution in [0.4, 0.5) is 18.9 Å². The Morgan fingerprint density at radius 1 is 0.971 bits per heavy atom. The molecule has 1 N–H and O–H groups in total. The maximum atomic E-state index is 14.1. The molecule has 184 valence electrons. The van der Waals surface area contributed by atoms with Gasteiger partial charge in [-0.3, -0.25) is 9.78 Å². The van der Waals surface area contributed by atoms with Gasteiger partial charge in [0.1, 0.15) is 0 Å². The summed E-state index contributed by atoms with van der Waals surface area (Å²) in [6, 6.07) is 20.3. The molecule has 0 aliphatic carbocycles. The van der Waals surface area contributed by atoms with Crippen molar-refractivity contribution < 1.29 is 18.0 Å². The summed E-state index contributed by atoms with van der Waals surface area (Å²) >= 11 is 1.73. The monoisotopic (exact) mass is 499 g/mol. The molecule has 3 aromatic rings. The number of anilines is 1. The van der Waals surface area contributed by atoms with Gasteiger partial charge in [0.25, 0.3) is 0 Å². The molecule has 1 atom stereocenters. The highest BCUT2D eigenvalue weighted by atomic mass is 32.2. The van der Waals surface area contributed by atoms with E-state index >= 15 is 0 Å². The summed E-state index contributed by atoms with van der Waals surface area (Å²) < 4.78 is 42.3. The first kappa shape index (κ1) is 25.1. The zero-order valence-corrected chi connectivity index (χ0v) is 20.2. The van der Waals surface area contributed by atoms with Gasteiger partial charge in [0.2, 0.25) is 5.91 Å². The highest BCUT2D eigenvalue weighted by molar-refractivity contribution is 7.99. The standard InChI is InChI=1S/C27H28F3N3OS/c1-33(26(34)21-14-16-35-17-15-21)25(27(28,29)30)23-13-12-22(18-31-23)32-24(19-8-4-2-5-9-19)20-10-6-3-7-11-20/h2-13,18,21,24-25,32H,14-17H2,1H3/t25-/m0/s1. The Hall–Kier alpha value is -3.00. The van der Waals surface area contributed by atoms with Crippen LogP contribution in [0.5, 0.6) is 0 Å². The second-order valence-electron chi connectivity index (χ2n) is 8.65. The Balaban J connectivity index is 1.57. The number of pyridine rings is 1. The molecular weight excluding hydrogens is 471 g/mol. The van der Waals surface area contributed by atoms with Crippen molar-refractivity contribution in [3.05, 3.63) is 95.8 Å². The summed E-state index contributed by atoms with van der Waals surface area (Å²) in [5, 5.41) is 3.39. The van der Waals surface area contributed by atoms with Crippen LogP contribution in [-0.2, 0) is 4.79 Å². The normalized spacial score (nSPS) is 15.6. The predicted octanol–water partition coefficient (Wildman–Crippen LogP) is 6.49. The maximum Gasteiger partial charge on any atom is 0.414 e. The highest BCUT2D eigenvalue weighted by Crippen LogP contribution is 2.38. The number of thioether (sulfide) groups is 1. The number of rotatable bonds is 7. The number of nitrogens with zero attached hydrogens (tertiary/aromatic N) is 2. The number of hydrogen-bond donors (Lipinski definition) is 1. The number of carbonyl (C=O) groups excluding carboxylic acids is 1. The molecule has 1 aliphatic rings. The molecule has 2 aromatic carbocycles. The second-order valence-corrected chi connectivity index (χ2v) is 9.88. The number of aromatic nitrogens is 1. The topological polar surface area (TPSA) is 45.2 Å². The summed E-state index contributed by atoms with van der Waals surface area (Å²) in [5.41, 5.74) is 2.43. The van der Waals surface area contributed by atoms with Crippen LogP contribution in [0.1, 0.15) is 41.7 Å². The van der Waals surface area contributed by atoms with Gasteiger partial charge in [-0.25, -0.2) is 0 Å². The van der Waals surface area contributed by atoms with E-state index in [9.17, 15) is 18.0 Å². The smallest absolute Gasteiger partial charge is 0.373 e. The maximum absolute atomic E-state index is 14.1. The predicted molar refractivity (Wildman–Crippen MR) is 134 cm³/mol. The van der Waals surface area contributed by atoms with E-state index in [0.717, 1.165) is 27.5 Å². The minimum absolute atomic E-state index is 0.194. The van der Waals surface area contributed by atoms with Crippen LogP contribution >= 0.6 is 11.8 Å². The van der Waals surface area contributed by atoms with Gasteiger partial charge in [-0.2, -0.15) is 24.9 Å². The Morgan fingerprint density at radius 3 is 2.03 bits per heavy atom. The lowest BCUT2D eigenvalue weighted by atomic mass is 9.98. The molecule has 1 aromatic heterocycles. The largest absolute Gasteiger partial charge is 0.414 e. The van der Waals surface area contributed by atoms with Crippen LogP contribution in [0.15, 0.2) is 79.0 Å². The Kier molecular flexibility index (Phi) is 8.00. The number of hydrogen-bond acceptors (Lipinski definition) is 4. The molecule has 1 fully saturated rings. The fourth-order valence-electron chi connectivity index (χ4n) is 4.41. The van der Waals surface area contributed by atoms with Crippen molar-refractivity contribution in [2.75, 3.05) is 23.9 Å². The Morgan fingerprint density at radius 2 is 1.54 bits per heavy atom. The Labute approximate surface area is 207 Å². The summed E-state index contributed by atoms with van der Waals surface area (Å²) in [5.74, 6) is 0.752. The molecule has 4 nitrogen and oxygen atoms in total. The van der Waals surface area contributed by atoms with E-state index in [1.807, 2.05) is 60.7 Å². The van der Waals surface area contributed by atoms with Crippen molar-refractivity contribution in [1.29, 1.82) is 0 Å².